The van der Waals surface area contributed by atoms with Crippen LogP contribution in [0.25, 0.3) is 0 Å². The number of pyridine rings is 1. The van der Waals surface area contributed by atoms with E-state index in [-0.39, 0.29) is 22.9 Å². The fourth-order valence-corrected chi connectivity index (χ4v) is 2.55. The summed E-state index contributed by atoms with van der Waals surface area (Å²) in [6, 6.07) is 1.75. The van der Waals surface area contributed by atoms with Crippen LogP contribution in [-0.2, 0) is 20.6 Å². The molecule has 0 radical (unpaired) electrons. The number of hydrogen-bond donors (Lipinski definition) is 0. The molecule has 0 N–H and O–H groups in total. The molecule has 0 unspecified atom stereocenters. The molecule has 0 saturated heterocycles. The zero-order valence-electron chi connectivity index (χ0n) is 13.1. The van der Waals surface area contributed by atoms with Gasteiger partial charge in [-0.15, -0.1) is 0 Å². The Morgan fingerprint density at radius 3 is 2.68 bits per heavy atom. The summed E-state index contributed by atoms with van der Waals surface area (Å²) >= 11 is 0. The highest BCUT2D eigenvalue weighted by atomic mass is 16.2. The fourth-order valence-electron chi connectivity index (χ4n) is 2.55. The minimum absolute atomic E-state index is 0.188. The maximum absolute atomic E-state index is 12.8. The monoisotopic (exact) mass is 300 g/mol. The van der Waals surface area contributed by atoms with Crippen molar-refractivity contribution in [2.24, 2.45) is 14.1 Å². The van der Waals surface area contributed by atoms with Gasteiger partial charge in [0.05, 0.1) is 6.20 Å². The van der Waals surface area contributed by atoms with E-state index in [1.165, 1.54) is 6.07 Å². The molecule has 3 rings (SSSR count). The van der Waals surface area contributed by atoms with Crippen LogP contribution >= 0.6 is 0 Å². The highest BCUT2D eigenvalue weighted by Crippen LogP contribution is 2.29. The number of aromatic nitrogens is 3. The molecule has 0 aromatic carbocycles. The van der Waals surface area contributed by atoms with Crippen molar-refractivity contribution in [1.82, 2.24) is 19.2 Å². The first-order valence-electron chi connectivity index (χ1n) is 7.41. The van der Waals surface area contributed by atoms with E-state index in [0.717, 1.165) is 24.1 Å². The number of carbonyl (C=O) groups excluding carboxylic acids is 1. The quantitative estimate of drug-likeness (QED) is 0.853. The SMILES string of the molecule is Cc1cc(=O)c(C(=O)N(Cc2cnn(C)c2)C2CC2)cn1C. The highest BCUT2D eigenvalue weighted by molar-refractivity contribution is 5.94. The van der Waals surface area contributed by atoms with E-state index in [1.54, 1.807) is 22.0 Å². The molecule has 1 aliphatic carbocycles. The lowest BCUT2D eigenvalue weighted by Crippen LogP contribution is -2.36. The van der Waals surface area contributed by atoms with Crippen molar-refractivity contribution in [3.05, 3.63) is 51.7 Å². The third-order valence-electron chi connectivity index (χ3n) is 4.07. The number of amides is 1. The second-order valence-electron chi connectivity index (χ2n) is 5.99. The molecule has 0 bridgehead atoms. The first kappa shape index (κ1) is 14.6. The molecule has 1 fully saturated rings. The van der Waals surface area contributed by atoms with Gasteiger partial charge in [-0.3, -0.25) is 14.3 Å². The Kier molecular flexibility index (Phi) is 3.60. The Bertz CT molecular complexity index is 771. The zero-order valence-corrected chi connectivity index (χ0v) is 13.1. The standard InChI is InChI=1S/C16H20N4O2/c1-11-6-15(21)14(10-18(11)2)16(22)20(13-4-5-13)9-12-7-17-19(3)8-12/h6-8,10,13H,4-5,9H2,1-3H3. The lowest BCUT2D eigenvalue weighted by molar-refractivity contribution is 0.0727. The number of rotatable bonds is 4. The summed E-state index contributed by atoms with van der Waals surface area (Å²) in [4.78, 5) is 26.8. The summed E-state index contributed by atoms with van der Waals surface area (Å²) in [7, 11) is 3.69. The van der Waals surface area contributed by atoms with E-state index < -0.39 is 0 Å². The van der Waals surface area contributed by atoms with Crippen LogP contribution in [-0.4, -0.2) is 31.2 Å². The lowest BCUT2D eigenvalue weighted by Gasteiger charge is -2.22. The van der Waals surface area contributed by atoms with Gasteiger partial charge in [0.2, 0.25) is 0 Å². The lowest BCUT2D eigenvalue weighted by atomic mass is 10.2. The summed E-state index contributed by atoms with van der Waals surface area (Å²) in [6.07, 6.45) is 7.29. The van der Waals surface area contributed by atoms with Gasteiger partial charge in [0.1, 0.15) is 5.56 Å². The minimum Gasteiger partial charge on any atom is -0.354 e. The molecular weight excluding hydrogens is 280 g/mol. The molecule has 2 aromatic heterocycles. The number of nitrogens with zero attached hydrogens (tertiary/aromatic N) is 4. The molecule has 1 aliphatic rings. The predicted molar refractivity (Wildman–Crippen MR) is 82.5 cm³/mol. The van der Waals surface area contributed by atoms with Crippen molar-refractivity contribution < 1.29 is 4.79 Å². The smallest absolute Gasteiger partial charge is 0.259 e. The van der Waals surface area contributed by atoms with Crippen molar-refractivity contribution in [3.63, 3.8) is 0 Å². The van der Waals surface area contributed by atoms with E-state index in [2.05, 4.69) is 5.10 Å². The van der Waals surface area contributed by atoms with E-state index in [4.69, 9.17) is 0 Å². The molecule has 22 heavy (non-hydrogen) atoms. The molecule has 0 atom stereocenters. The second kappa shape index (κ2) is 5.44. The average molecular weight is 300 g/mol. The molecule has 1 amide bonds. The van der Waals surface area contributed by atoms with Crippen LogP contribution in [0.4, 0.5) is 0 Å². The molecule has 2 heterocycles. The number of hydrogen-bond acceptors (Lipinski definition) is 3. The maximum atomic E-state index is 12.8. The van der Waals surface area contributed by atoms with E-state index in [0.29, 0.717) is 6.54 Å². The van der Waals surface area contributed by atoms with Gasteiger partial charge in [0, 0.05) is 56.4 Å². The minimum atomic E-state index is -0.211. The molecule has 6 nitrogen and oxygen atoms in total. The van der Waals surface area contributed by atoms with Crippen molar-refractivity contribution in [3.8, 4) is 0 Å². The Hall–Kier alpha value is -2.37. The zero-order chi connectivity index (χ0) is 15.9. The Morgan fingerprint density at radius 2 is 2.09 bits per heavy atom. The fraction of sp³-hybridized carbons (Fsp3) is 0.438. The summed E-state index contributed by atoms with van der Waals surface area (Å²) < 4.78 is 3.53. The molecule has 0 spiro atoms. The molecule has 0 aliphatic heterocycles. The Balaban J connectivity index is 1.90. The van der Waals surface area contributed by atoms with Crippen molar-refractivity contribution in [2.45, 2.75) is 32.4 Å². The average Bonchev–Trinajstić information content (AvgIpc) is 3.22. The van der Waals surface area contributed by atoms with Gasteiger partial charge in [-0.2, -0.15) is 5.10 Å². The van der Waals surface area contributed by atoms with Gasteiger partial charge in [-0.1, -0.05) is 0 Å². The third kappa shape index (κ3) is 2.81. The number of carbonyl (C=O) groups is 1. The van der Waals surface area contributed by atoms with Crippen LogP contribution in [0, 0.1) is 6.92 Å². The Morgan fingerprint density at radius 1 is 1.36 bits per heavy atom. The topological polar surface area (TPSA) is 60.1 Å². The summed E-state index contributed by atoms with van der Waals surface area (Å²) in [5.41, 5.74) is 1.85. The largest absolute Gasteiger partial charge is 0.354 e. The van der Waals surface area contributed by atoms with Crippen LogP contribution in [0.3, 0.4) is 0 Å². The maximum Gasteiger partial charge on any atom is 0.259 e. The molecule has 6 heteroatoms. The second-order valence-corrected chi connectivity index (χ2v) is 5.99. The van der Waals surface area contributed by atoms with Crippen LogP contribution in [0.15, 0.2) is 29.5 Å². The van der Waals surface area contributed by atoms with E-state index >= 15 is 0 Å². The number of aryl methyl sites for hydroxylation is 3. The summed E-state index contributed by atoms with van der Waals surface area (Å²) in [6.45, 7) is 2.35. The molecule has 2 aromatic rings. The van der Waals surface area contributed by atoms with Crippen LogP contribution in [0.2, 0.25) is 0 Å². The van der Waals surface area contributed by atoms with Crippen LogP contribution in [0.1, 0.15) is 34.5 Å². The third-order valence-corrected chi connectivity index (χ3v) is 4.07. The first-order valence-corrected chi connectivity index (χ1v) is 7.41. The van der Waals surface area contributed by atoms with E-state index in [9.17, 15) is 9.59 Å². The highest BCUT2D eigenvalue weighted by Gasteiger charge is 2.34. The summed E-state index contributed by atoms with van der Waals surface area (Å²) in [5, 5.41) is 4.14. The van der Waals surface area contributed by atoms with Crippen LogP contribution < -0.4 is 5.43 Å². The van der Waals surface area contributed by atoms with E-state index in [1.807, 2.05) is 31.8 Å². The summed E-state index contributed by atoms with van der Waals surface area (Å²) in [5.74, 6) is -0.188. The van der Waals surface area contributed by atoms with Gasteiger partial charge in [0.15, 0.2) is 5.43 Å². The van der Waals surface area contributed by atoms with Gasteiger partial charge in [-0.05, 0) is 19.8 Å². The van der Waals surface area contributed by atoms with Gasteiger partial charge >= 0.3 is 0 Å². The van der Waals surface area contributed by atoms with Gasteiger partial charge < -0.3 is 9.47 Å². The van der Waals surface area contributed by atoms with Crippen molar-refractivity contribution in [2.75, 3.05) is 0 Å². The normalized spacial score (nSPS) is 14.1. The predicted octanol–water partition coefficient (Wildman–Crippen LogP) is 1.23. The van der Waals surface area contributed by atoms with Crippen molar-refractivity contribution in [1.29, 1.82) is 0 Å². The van der Waals surface area contributed by atoms with Crippen molar-refractivity contribution >= 4 is 5.91 Å². The Labute approximate surface area is 129 Å². The molecular formula is C16H20N4O2. The first-order chi connectivity index (χ1) is 10.5. The molecule has 116 valence electrons. The molecule has 1 saturated carbocycles. The van der Waals surface area contributed by atoms with Crippen LogP contribution in [0.5, 0.6) is 0 Å². The van der Waals surface area contributed by atoms with Gasteiger partial charge in [-0.25, -0.2) is 0 Å². The van der Waals surface area contributed by atoms with Gasteiger partial charge in [0.25, 0.3) is 5.91 Å².